The molecule has 4 heterocycles. The number of aromatic nitrogens is 3. The number of anilines is 3. The maximum Gasteiger partial charge on any atom is 2.00 e. The monoisotopic (exact) mass is 882 g/mol. The van der Waals surface area contributed by atoms with Gasteiger partial charge in [0.15, 0.2) is 0 Å². The average Bonchev–Trinajstić information content (AvgIpc) is 3.81. The molecule has 0 spiro atoms. The molecule has 1 aliphatic rings. The van der Waals surface area contributed by atoms with Gasteiger partial charge in [-0.05, 0) is 58.8 Å². The third kappa shape index (κ3) is 5.47. The first-order valence-electron chi connectivity index (χ1n) is 18.1. The van der Waals surface area contributed by atoms with Crippen LogP contribution in [0.1, 0.15) is 26.3 Å². The second-order valence-electron chi connectivity index (χ2n) is 14.9. The van der Waals surface area contributed by atoms with E-state index >= 15 is 0 Å². The van der Waals surface area contributed by atoms with Crippen molar-refractivity contribution in [3.8, 4) is 23.0 Å². The molecule has 1 aliphatic heterocycles. The summed E-state index contributed by atoms with van der Waals surface area (Å²) in [6.45, 7) is 7.39. The van der Waals surface area contributed by atoms with E-state index in [1.807, 2.05) is 12.3 Å². The van der Waals surface area contributed by atoms with Crippen LogP contribution in [-0.2, 0) is 26.5 Å². The Morgan fingerprint density at radius 3 is 1.91 bits per heavy atom. The Bertz CT molecular complexity index is 2830. The molecule has 6 aromatic carbocycles. The third-order valence-corrected chi connectivity index (χ3v) is 10.5. The summed E-state index contributed by atoms with van der Waals surface area (Å²) in [5, 5.41) is 4.66. The predicted molar refractivity (Wildman–Crippen MR) is 218 cm³/mol. The van der Waals surface area contributed by atoms with E-state index in [4.69, 9.17) is 9.72 Å². The second-order valence-corrected chi connectivity index (χ2v) is 14.9. The molecule has 10 rings (SSSR count). The van der Waals surface area contributed by atoms with Crippen LogP contribution in [0.5, 0.6) is 11.5 Å². The molecular formula is C47H37N5OPt. The van der Waals surface area contributed by atoms with Crippen LogP contribution in [0.4, 0.5) is 17.1 Å². The molecule has 0 atom stereocenters. The van der Waals surface area contributed by atoms with Crippen molar-refractivity contribution in [3.05, 3.63) is 157 Å². The number of benzene rings is 6. The van der Waals surface area contributed by atoms with E-state index in [1.165, 1.54) is 22.0 Å². The van der Waals surface area contributed by atoms with Gasteiger partial charge in [-0.2, -0.15) is 6.07 Å². The molecule has 6 nitrogen and oxygen atoms in total. The van der Waals surface area contributed by atoms with Gasteiger partial charge in [0.25, 0.3) is 0 Å². The molecular weight excluding hydrogens is 846 g/mol. The number of fused-ring (bicyclic) bond motifs is 7. The summed E-state index contributed by atoms with van der Waals surface area (Å²) in [5.74, 6) is 2.07. The van der Waals surface area contributed by atoms with Crippen molar-refractivity contribution in [1.29, 1.82) is 0 Å². The van der Waals surface area contributed by atoms with E-state index in [0.29, 0.717) is 18.2 Å². The van der Waals surface area contributed by atoms with E-state index in [-0.39, 0.29) is 26.5 Å². The number of pyridine rings is 1. The minimum absolute atomic E-state index is 0. The summed E-state index contributed by atoms with van der Waals surface area (Å²) in [7, 11) is 2.13. The van der Waals surface area contributed by atoms with Crippen molar-refractivity contribution in [2.75, 3.05) is 23.5 Å². The van der Waals surface area contributed by atoms with Gasteiger partial charge in [-0.1, -0.05) is 104 Å². The molecule has 9 aromatic rings. The van der Waals surface area contributed by atoms with Crippen LogP contribution >= 0.6 is 0 Å². The van der Waals surface area contributed by atoms with Crippen molar-refractivity contribution < 1.29 is 25.8 Å². The average molecular weight is 883 g/mol. The molecule has 3 aromatic heterocycles. The minimum Gasteiger partial charge on any atom is -0.509 e. The summed E-state index contributed by atoms with van der Waals surface area (Å²) < 4.78 is 11.4. The van der Waals surface area contributed by atoms with E-state index in [2.05, 4.69) is 186 Å². The number of nitrogens with zero attached hydrogens (tertiary/aromatic N) is 5. The molecule has 0 saturated heterocycles. The van der Waals surface area contributed by atoms with Gasteiger partial charge in [0, 0.05) is 41.0 Å². The maximum absolute atomic E-state index is 6.83. The zero-order chi connectivity index (χ0) is 35.8. The fraction of sp³-hybridized carbons (Fsp3) is 0.128. The van der Waals surface area contributed by atoms with E-state index in [0.717, 1.165) is 55.7 Å². The van der Waals surface area contributed by atoms with Crippen LogP contribution in [0.15, 0.2) is 140 Å². The third-order valence-electron chi connectivity index (χ3n) is 10.5. The molecule has 54 heavy (non-hydrogen) atoms. The first kappa shape index (κ1) is 34.0. The number of rotatable bonds is 5. The quantitative estimate of drug-likeness (QED) is 0.161. The fourth-order valence-electron chi connectivity index (χ4n) is 7.93. The van der Waals surface area contributed by atoms with Gasteiger partial charge in [-0.25, -0.2) is 4.98 Å². The topological polar surface area (TPSA) is 38.5 Å². The van der Waals surface area contributed by atoms with Gasteiger partial charge in [-0.3, -0.25) is 0 Å². The first-order chi connectivity index (χ1) is 25.8. The van der Waals surface area contributed by atoms with Crippen LogP contribution in [0.25, 0.3) is 55.1 Å². The number of para-hydroxylation sites is 5. The Kier molecular flexibility index (Phi) is 8.13. The van der Waals surface area contributed by atoms with Gasteiger partial charge in [0.1, 0.15) is 5.82 Å². The molecule has 0 radical (unpaired) electrons. The van der Waals surface area contributed by atoms with E-state index in [9.17, 15) is 0 Å². The van der Waals surface area contributed by atoms with Gasteiger partial charge in [0.05, 0.1) is 29.1 Å². The first-order valence-corrected chi connectivity index (χ1v) is 18.1. The van der Waals surface area contributed by atoms with Crippen molar-refractivity contribution in [2.24, 2.45) is 0 Å². The largest absolute Gasteiger partial charge is 2.00 e. The van der Waals surface area contributed by atoms with E-state index in [1.54, 1.807) is 0 Å². The molecule has 0 aliphatic carbocycles. The molecule has 0 amide bonds. The number of hydrogen-bond donors (Lipinski definition) is 0. The van der Waals surface area contributed by atoms with Crippen LogP contribution < -0.4 is 14.5 Å². The zero-order valence-corrected chi connectivity index (χ0v) is 32.7. The van der Waals surface area contributed by atoms with Crippen molar-refractivity contribution >= 4 is 60.7 Å². The van der Waals surface area contributed by atoms with Gasteiger partial charge >= 0.3 is 21.1 Å². The Labute approximate surface area is 329 Å². The SMILES string of the molecule is CN1CN(c2[c-]c(Oc3[c-]c4c(cc3)c3ccccc3n4-c3cc(C(C)(C)C)ccn3)cc(-n3c4ccccc4c4ccccc43)c2)c2ccccc21.[Pt+2]. The zero-order valence-electron chi connectivity index (χ0n) is 30.4. The summed E-state index contributed by atoms with van der Waals surface area (Å²) in [4.78, 5) is 9.43. The Morgan fingerprint density at radius 1 is 0.611 bits per heavy atom. The smallest absolute Gasteiger partial charge is 0.509 e. The van der Waals surface area contributed by atoms with Crippen LogP contribution in [0, 0.1) is 12.1 Å². The van der Waals surface area contributed by atoms with Crippen molar-refractivity contribution in [1.82, 2.24) is 14.1 Å². The number of hydrogen-bond acceptors (Lipinski definition) is 4. The van der Waals surface area contributed by atoms with Crippen molar-refractivity contribution in [2.45, 2.75) is 26.2 Å². The molecule has 0 fully saturated rings. The normalized spacial score (nSPS) is 12.9. The Morgan fingerprint density at radius 2 is 1.22 bits per heavy atom. The fourth-order valence-corrected chi connectivity index (χ4v) is 7.93. The Hall–Kier alpha value is -5.84. The summed E-state index contributed by atoms with van der Waals surface area (Å²) >= 11 is 0. The second kappa shape index (κ2) is 12.9. The maximum atomic E-state index is 6.83. The van der Waals surface area contributed by atoms with Crippen molar-refractivity contribution in [3.63, 3.8) is 0 Å². The molecule has 0 saturated carbocycles. The van der Waals surface area contributed by atoms with Crippen LogP contribution in [0.2, 0.25) is 0 Å². The minimum atomic E-state index is -0.0198. The van der Waals surface area contributed by atoms with Gasteiger partial charge in [0.2, 0.25) is 0 Å². The summed E-state index contributed by atoms with van der Waals surface area (Å²) in [6, 6.07) is 54.3. The molecule has 7 heteroatoms. The number of ether oxygens (including phenoxy) is 1. The standard InChI is InChI=1S/C47H37N5O.Pt/c1-47(2,3)31-23-24-48-46(25-31)52-42-18-10-7-15-38(42)39-22-21-34(29-45(39)52)53-35-27-32(50-30-49(4)43-19-11-12-20-44(43)50)26-33(28-35)51-40-16-8-5-13-36(40)37-14-6-9-17-41(37)51;/h5-26,28H,30H2,1-4H3;/q-2;+2. The molecule has 0 N–H and O–H groups in total. The molecule has 0 bridgehead atoms. The van der Waals surface area contributed by atoms with Crippen LogP contribution in [-0.4, -0.2) is 27.8 Å². The van der Waals surface area contributed by atoms with Gasteiger partial charge in [-0.15, -0.1) is 35.7 Å². The predicted octanol–water partition coefficient (Wildman–Crippen LogP) is 11.5. The summed E-state index contributed by atoms with van der Waals surface area (Å²) in [6.07, 6.45) is 1.90. The van der Waals surface area contributed by atoms with E-state index < -0.39 is 0 Å². The van der Waals surface area contributed by atoms with Gasteiger partial charge < -0.3 is 23.7 Å². The molecule has 266 valence electrons. The van der Waals surface area contributed by atoms with Crippen LogP contribution in [0.3, 0.4) is 0 Å². The summed E-state index contributed by atoms with van der Waals surface area (Å²) in [5.41, 5.74) is 9.71. The molecule has 0 unspecified atom stereocenters. The Balaban J connectivity index is 0.00000384.